The molecule has 1 N–H and O–H groups in total. The Balaban J connectivity index is 1.98. The molecule has 3 heteroatoms. The van der Waals surface area contributed by atoms with Crippen LogP contribution in [0.15, 0.2) is 21.2 Å². The summed E-state index contributed by atoms with van der Waals surface area (Å²) in [6, 6.07) is 2.57. The van der Waals surface area contributed by atoms with E-state index in [1.165, 1.54) is 12.8 Å². The van der Waals surface area contributed by atoms with Crippen molar-refractivity contribution in [3.8, 4) is 0 Å². The summed E-state index contributed by atoms with van der Waals surface area (Å²) in [6.07, 6.45) is 5.30. The van der Waals surface area contributed by atoms with E-state index in [9.17, 15) is 0 Å². The monoisotopic (exact) mass is 229 g/mol. The first-order valence-corrected chi connectivity index (χ1v) is 5.11. The third-order valence-electron chi connectivity index (χ3n) is 2.29. The quantitative estimate of drug-likeness (QED) is 0.843. The predicted octanol–water partition coefficient (Wildman–Crippen LogP) is 2.34. The Labute approximate surface area is 80.5 Å². The van der Waals surface area contributed by atoms with Crippen molar-refractivity contribution in [2.24, 2.45) is 0 Å². The Kier molecular flexibility index (Phi) is 2.51. The molecule has 1 atom stereocenters. The van der Waals surface area contributed by atoms with Crippen LogP contribution in [0, 0.1) is 0 Å². The van der Waals surface area contributed by atoms with Gasteiger partial charge in [-0.3, -0.25) is 0 Å². The average Bonchev–Trinajstić information content (AvgIpc) is 2.65. The largest absolute Gasteiger partial charge is 0.468 e. The smallest absolute Gasteiger partial charge is 0.119 e. The van der Waals surface area contributed by atoms with Gasteiger partial charge in [0.05, 0.1) is 10.7 Å². The van der Waals surface area contributed by atoms with Crippen LogP contribution in [0.25, 0.3) is 0 Å². The maximum absolute atomic E-state index is 5.34. The minimum atomic E-state index is 0.618. The van der Waals surface area contributed by atoms with Gasteiger partial charge < -0.3 is 9.73 Å². The Bertz CT molecular complexity index is 253. The van der Waals surface area contributed by atoms with Gasteiger partial charge in [0.2, 0.25) is 0 Å². The minimum absolute atomic E-state index is 0.618. The number of furan rings is 1. The topological polar surface area (TPSA) is 25.2 Å². The van der Waals surface area contributed by atoms with Crippen LogP contribution in [-0.4, -0.2) is 12.6 Å². The third kappa shape index (κ3) is 1.72. The molecule has 1 aliphatic rings. The van der Waals surface area contributed by atoms with E-state index in [0.717, 1.165) is 23.2 Å². The van der Waals surface area contributed by atoms with E-state index >= 15 is 0 Å². The van der Waals surface area contributed by atoms with Crippen molar-refractivity contribution in [1.82, 2.24) is 5.32 Å². The molecular weight excluding hydrogens is 218 g/mol. The fourth-order valence-corrected chi connectivity index (χ4v) is 1.99. The maximum Gasteiger partial charge on any atom is 0.119 e. The van der Waals surface area contributed by atoms with Crippen molar-refractivity contribution in [2.45, 2.75) is 25.3 Å². The molecule has 2 heterocycles. The van der Waals surface area contributed by atoms with Gasteiger partial charge in [0.15, 0.2) is 0 Å². The van der Waals surface area contributed by atoms with Gasteiger partial charge in [-0.15, -0.1) is 0 Å². The minimum Gasteiger partial charge on any atom is -0.468 e. The molecule has 1 aliphatic heterocycles. The molecule has 0 spiro atoms. The summed E-state index contributed by atoms with van der Waals surface area (Å²) in [5, 5.41) is 3.44. The van der Waals surface area contributed by atoms with Crippen LogP contribution in [0.1, 0.15) is 18.6 Å². The van der Waals surface area contributed by atoms with Gasteiger partial charge in [0, 0.05) is 12.5 Å². The lowest BCUT2D eigenvalue weighted by Gasteiger charge is -2.07. The molecule has 1 aromatic heterocycles. The summed E-state index contributed by atoms with van der Waals surface area (Å²) in [6.45, 7) is 1.16. The summed E-state index contributed by atoms with van der Waals surface area (Å²) in [5.41, 5.74) is 0. The van der Waals surface area contributed by atoms with Crippen molar-refractivity contribution in [3.63, 3.8) is 0 Å². The Morgan fingerprint density at radius 2 is 2.58 bits per heavy atom. The first kappa shape index (κ1) is 8.32. The molecule has 2 nitrogen and oxygen atoms in total. The number of halogens is 1. The van der Waals surface area contributed by atoms with Crippen LogP contribution in [0.2, 0.25) is 0 Å². The van der Waals surface area contributed by atoms with Crippen molar-refractivity contribution in [3.05, 3.63) is 22.6 Å². The van der Waals surface area contributed by atoms with Crippen molar-refractivity contribution in [1.29, 1.82) is 0 Å². The average molecular weight is 230 g/mol. The predicted molar refractivity (Wildman–Crippen MR) is 51.1 cm³/mol. The highest BCUT2D eigenvalue weighted by Gasteiger charge is 2.16. The molecule has 1 unspecified atom stereocenters. The fourth-order valence-electron chi connectivity index (χ4n) is 1.63. The molecule has 1 saturated heterocycles. The summed E-state index contributed by atoms with van der Waals surface area (Å²) < 4.78 is 6.43. The van der Waals surface area contributed by atoms with E-state index in [1.807, 2.05) is 6.07 Å². The highest BCUT2D eigenvalue weighted by atomic mass is 79.9. The van der Waals surface area contributed by atoms with Gasteiger partial charge in [-0.2, -0.15) is 0 Å². The lowest BCUT2D eigenvalue weighted by atomic mass is 10.1. The van der Waals surface area contributed by atoms with Crippen LogP contribution in [0.5, 0.6) is 0 Å². The van der Waals surface area contributed by atoms with Crippen LogP contribution < -0.4 is 5.32 Å². The zero-order chi connectivity index (χ0) is 8.39. The second-order valence-corrected chi connectivity index (χ2v) is 4.04. The van der Waals surface area contributed by atoms with E-state index in [1.54, 1.807) is 6.26 Å². The summed E-state index contributed by atoms with van der Waals surface area (Å²) in [4.78, 5) is 0. The molecule has 0 amide bonds. The van der Waals surface area contributed by atoms with Crippen LogP contribution in [0.3, 0.4) is 0 Å². The third-order valence-corrected chi connectivity index (χ3v) is 2.99. The Morgan fingerprint density at radius 3 is 3.17 bits per heavy atom. The molecular formula is C9H12BrNO. The highest BCUT2D eigenvalue weighted by molar-refractivity contribution is 9.10. The molecule has 1 aromatic rings. The van der Waals surface area contributed by atoms with Gasteiger partial charge in [0.25, 0.3) is 0 Å². The SMILES string of the molecule is Brc1ccoc1CC1CCCN1. The first-order chi connectivity index (χ1) is 5.86. The summed E-state index contributed by atoms with van der Waals surface area (Å²) in [7, 11) is 0. The lowest BCUT2D eigenvalue weighted by molar-refractivity contribution is 0.467. The lowest BCUT2D eigenvalue weighted by Crippen LogP contribution is -2.23. The van der Waals surface area contributed by atoms with Crippen molar-refractivity contribution >= 4 is 15.9 Å². The van der Waals surface area contributed by atoms with E-state index in [4.69, 9.17) is 4.42 Å². The highest BCUT2D eigenvalue weighted by Crippen LogP contribution is 2.21. The summed E-state index contributed by atoms with van der Waals surface area (Å²) >= 11 is 3.45. The second kappa shape index (κ2) is 3.62. The standard InChI is InChI=1S/C9H12BrNO/c10-8-3-5-12-9(8)6-7-2-1-4-11-7/h3,5,7,11H,1-2,4,6H2. The van der Waals surface area contributed by atoms with Crippen molar-refractivity contribution in [2.75, 3.05) is 6.54 Å². The number of hydrogen-bond donors (Lipinski definition) is 1. The van der Waals surface area contributed by atoms with Crippen molar-refractivity contribution < 1.29 is 4.42 Å². The van der Waals surface area contributed by atoms with Crippen LogP contribution >= 0.6 is 15.9 Å². The fraction of sp³-hybridized carbons (Fsp3) is 0.556. The van der Waals surface area contributed by atoms with Gasteiger partial charge in [0.1, 0.15) is 5.76 Å². The van der Waals surface area contributed by atoms with E-state index < -0.39 is 0 Å². The Morgan fingerprint density at radius 1 is 1.67 bits per heavy atom. The number of rotatable bonds is 2. The molecule has 2 rings (SSSR count). The molecule has 0 saturated carbocycles. The normalized spacial score (nSPS) is 23.2. The van der Waals surface area contributed by atoms with Gasteiger partial charge in [-0.1, -0.05) is 0 Å². The molecule has 66 valence electrons. The molecule has 12 heavy (non-hydrogen) atoms. The van der Waals surface area contributed by atoms with Crippen LogP contribution in [0.4, 0.5) is 0 Å². The molecule has 0 aliphatic carbocycles. The maximum atomic E-state index is 5.34. The zero-order valence-corrected chi connectivity index (χ0v) is 8.43. The van der Waals surface area contributed by atoms with Gasteiger partial charge in [-0.25, -0.2) is 0 Å². The van der Waals surface area contributed by atoms with E-state index in [-0.39, 0.29) is 0 Å². The van der Waals surface area contributed by atoms with E-state index in [2.05, 4.69) is 21.2 Å². The van der Waals surface area contributed by atoms with Gasteiger partial charge in [-0.05, 0) is 41.4 Å². The first-order valence-electron chi connectivity index (χ1n) is 4.31. The molecule has 0 aromatic carbocycles. The van der Waals surface area contributed by atoms with Crippen LogP contribution in [-0.2, 0) is 6.42 Å². The number of nitrogens with one attached hydrogen (secondary N) is 1. The number of hydrogen-bond acceptors (Lipinski definition) is 2. The van der Waals surface area contributed by atoms with Gasteiger partial charge >= 0.3 is 0 Å². The zero-order valence-electron chi connectivity index (χ0n) is 6.85. The molecule has 0 radical (unpaired) electrons. The Hall–Kier alpha value is -0.280. The summed E-state index contributed by atoms with van der Waals surface area (Å²) in [5.74, 6) is 1.06. The molecule has 0 bridgehead atoms. The second-order valence-electron chi connectivity index (χ2n) is 3.19. The van der Waals surface area contributed by atoms with E-state index in [0.29, 0.717) is 6.04 Å². The molecule has 1 fully saturated rings.